The predicted octanol–water partition coefficient (Wildman–Crippen LogP) is 2.87. The van der Waals surface area contributed by atoms with E-state index < -0.39 is 0 Å². The third-order valence-electron chi connectivity index (χ3n) is 4.69. The van der Waals surface area contributed by atoms with Crippen LogP contribution in [0.2, 0.25) is 0 Å². The molecule has 0 radical (unpaired) electrons. The summed E-state index contributed by atoms with van der Waals surface area (Å²) in [7, 11) is 0. The molecule has 0 bridgehead atoms. The van der Waals surface area contributed by atoms with Gasteiger partial charge in [-0.15, -0.1) is 0 Å². The second-order valence-corrected chi connectivity index (χ2v) is 6.41. The standard InChI is InChI=1S/C16H27N3O/c1-2-9-17-10-14-11-19(13-18-14)12-15-5-8-16(20-15)6-3-4-7-16/h11,13,15,17H,2-10,12H2,1H3. The Balaban J connectivity index is 1.48. The minimum absolute atomic E-state index is 0.247. The molecule has 1 saturated carbocycles. The topological polar surface area (TPSA) is 39.1 Å². The van der Waals surface area contributed by atoms with Crippen LogP contribution in [0.3, 0.4) is 0 Å². The molecule has 1 aliphatic heterocycles. The highest BCUT2D eigenvalue weighted by Crippen LogP contribution is 2.43. The SMILES string of the molecule is CCCNCc1cn(CC2CCC3(CCCC3)O2)cn1. The van der Waals surface area contributed by atoms with Gasteiger partial charge in [0.25, 0.3) is 0 Å². The molecule has 2 fully saturated rings. The Kier molecular flexibility index (Phi) is 4.41. The number of nitrogens with zero attached hydrogens (tertiary/aromatic N) is 2. The first-order valence-corrected chi connectivity index (χ1v) is 8.19. The van der Waals surface area contributed by atoms with Gasteiger partial charge in [0.15, 0.2) is 0 Å². The van der Waals surface area contributed by atoms with Crippen molar-refractivity contribution in [3.8, 4) is 0 Å². The minimum atomic E-state index is 0.247. The van der Waals surface area contributed by atoms with Crippen molar-refractivity contribution in [3.05, 3.63) is 18.2 Å². The van der Waals surface area contributed by atoms with Crippen molar-refractivity contribution in [2.45, 2.75) is 76.7 Å². The highest BCUT2D eigenvalue weighted by molar-refractivity contribution is 4.98. The van der Waals surface area contributed by atoms with Crippen LogP contribution in [-0.2, 0) is 17.8 Å². The molecule has 0 amide bonds. The van der Waals surface area contributed by atoms with Gasteiger partial charge in [0.2, 0.25) is 0 Å². The summed E-state index contributed by atoms with van der Waals surface area (Å²) in [6.45, 7) is 5.07. The zero-order valence-corrected chi connectivity index (χ0v) is 12.6. The molecule has 1 aliphatic carbocycles. The van der Waals surface area contributed by atoms with E-state index >= 15 is 0 Å². The van der Waals surface area contributed by atoms with E-state index in [-0.39, 0.29) is 5.60 Å². The third-order valence-corrected chi connectivity index (χ3v) is 4.69. The molecule has 1 unspecified atom stereocenters. The van der Waals surface area contributed by atoms with Crippen LogP contribution >= 0.6 is 0 Å². The van der Waals surface area contributed by atoms with Gasteiger partial charge >= 0.3 is 0 Å². The van der Waals surface area contributed by atoms with Crippen molar-refractivity contribution in [3.63, 3.8) is 0 Å². The maximum Gasteiger partial charge on any atom is 0.0950 e. The highest BCUT2D eigenvalue weighted by atomic mass is 16.5. The maximum atomic E-state index is 6.36. The van der Waals surface area contributed by atoms with Gasteiger partial charge in [0.05, 0.1) is 23.7 Å². The zero-order valence-electron chi connectivity index (χ0n) is 12.6. The Hall–Kier alpha value is -0.870. The Bertz CT molecular complexity index is 423. The molecule has 2 heterocycles. The molecule has 1 spiro atoms. The lowest BCUT2D eigenvalue weighted by Gasteiger charge is -2.23. The van der Waals surface area contributed by atoms with Crippen molar-refractivity contribution >= 4 is 0 Å². The number of hydrogen-bond donors (Lipinski definition) is 1. The zero-order chi connectivity index (χ0) is 13.8. The van der Waals surface area contributed by atoms with Crippen LogP contribution in [0.5, 0.6) is 0 Å². The Labute approximate surface area is 121 Å². The molecule has 112 valence electrons. The first-order valence-electron chi connectivity index (χ1n) is 8.19. The molecule has 3 rings (SSSR count). The average molecular weight is 277 g/mol. The van der Waals surface area contributed by atoms with Crippen LogP contribution in [0, 0.1) is 0 Å². The Morgan fingerprint density at radius 2 is 2.25 bits per heavy atom. The van der Waals surface area contributed by atoms with Gasteiger partial charge in [-0.1, -0.05) is 19.8 Å². The Morgan fingerprint density at radius 1 is 1.40 bits per heavy atom. The van der Waals surface area contributed by atoms with Crippen LogP contribution < -0.4 is 5.32 Å². The summed E-state index contributed by atoms with van der Waals surface area (Å²) in [5, 5.41) is 3.39. The fraction of sp³-hybridized carbons (Fsp3) is 0.812. The Morgan fingerprint density at radius 3 is 3.05 bits per heavy atom. The quantitative estimate of drug-likeness (QED) is 0.813. The second-order valence-electron chi connectivity index (χ2n) is 6.41. The summed E-state index contributed by atoms with van der Waals surface area (Å²) in [5.74, 6) is 0. The summed E-state index contributed by atoms with van der Waals surface area (Å²) in [6, 6.07) is 0. The largest absolute Gasteiger partial charge is 0.370 e. The van der Waals surface area contributed by atoms with E-state index in [1.165, 1.54) is 44.9 Å². The molecule has 1 atom stereocenters. The lowest BCUT2D eigenvalue weighted by molar-refractivity contribution is -0.0418. The van der Waals surface area contributed by atoms with E-state index in [4.69, 9.17) is 4.74 Å². The number of nitrogens with one attached hydrogen (secondary N) is 1. The smallest absolute Gasteiger partial charge is 0.0950 e. The van der Waals surface area contributed by atoms with Crippen LogP contribution in [0.25, 0.3) is 0 Å². The number of hydrogen-bond acceptors (Lipinski definition) is 3. The molecule has 2 aliphatic rings. The maximum absolute atomic E-state index is 6.36. The summed E-state index contributed by atoms with van der Waals surface area (Å²) in [4.78, 5) is 4.46. The third kappa shape index (κ3) is 3.23. The highest BCUT2D eigenvalue weighted by Gasteiger charge is 2.42. The van der Waals surface area contributed by atoms with Crippen molar-refractivity contribution in [2.75, 3.05) is 6.54 Å². The van der Waals surface area contributed by atoms with Crippen molar-refractivity contribution in [2.24, 2.45) is 0 Å². The molecule has 1 N–H and O–H groups in total. The normalized spacial score (nSPS) is 24.8. The van der Waals surface area contributed by atoms with Crippen molar-refractivity contribution in [1.29, 1.82) is 0 Å². The number of rotatable bonds is 6. The first-order chi connectivity index (χ1) is 9.80. The number of imidazole rings is 1. The van der Waals surface area contributed by atoms with E-state index in [1.54, 1.807) is 0 Å². The van der Waals surface area contributed by atoms with E-state index in [9.17, 15) is 0 Å². The molecule has 1 aromatic heterocycles. The van der Waals surface area contributed by atoms with Crippen LogP contribution in [0.15, 0.2) is 12.5 Å². The summed E-state index contributed by atoms with van der Waals surface area (Å²) in [5.41, 5.74) is 1.38. The van der Waals surface area contributed by atoms with Gasteiger partial charge in [-0.05, 0) is 38.6 Å². The lowest BCUT2D eigenvalue weighted by Crippen LogP contribution is -2.26. The van der Waals surface area contributed by atoms with Gasteiger partial charge in [-0.2, -0.15) is 0 Å². The van der Waals surface area contributed by atoms with Crippen LogP contribution in [0.4, 0.5) is 0 Å². The van der Waals surface area contributed by atoms with E-state index in [2.05, 4.69) is 28.0 Å². The van der Waals surface area contributed by atoms with Crippen LogP contribution in [0.1, 0.15) is 57.6 Å². The van der Waals surface area contributed by atoms with Gasteiger partial charge in [-0.3, -0.25) is 0 Å². The van der Waals surface area contributed by atoms with Crippen molar-refractivity contribution < 1.29 is 4.74 Å². The molecular formula is C16H27N3O. The first kappa shape index (κ1) is 14.1. The average Bonchev–Trinajstić information content (AvgIpc) is 3.15. The molecule has 4 nitrogen and oxygen atoms in total. The lowest BCUT2D eigenvalue weighted by atomic mass is 9.98. The summed E-state index contributed by atoms with van der Waals surface area (Å²) in [6.07, 6.45) is 13.4. The summed E-state index contributed by atoms with van der Waals surface area (Å²) >= 11 is 0. The fourth-order valence-corrected chi connectivity index (χ4v) is 3.64. The summed E-state index contributed by atoms with van der Waals surface area (Å²) < 4.78 is 8.55. The van der Waals surface area contributed by atoms with E-state index in [0.717, 1.165) is 25.3 Å². The van der Waals surface area contributed by atoms with Gasteiger partial charge in [0, 0.05) is 19.3 Å². The van der Waals surface area contributed by atoms with Gasteiger partial charge in [-0.25, -0.2) is 4.98 Å². The van der Waals surface area contributed by atoms with Crippen LogP contribution in [-0.4, -0.2) is 27.8 Å². The molecule has 20 heavy (non-hydrogen) atoms. The predicted molar refractivity (Wildman–Crippen MR) is 79.5 cm³/mol. The molecular weight excluding hydrogens is 250 g/mol. The van der Waals surface area contributed by atoms with E-state index in [1.807, 2.05) is 6.33 Å². The fourth-order valence-electron chi connectivity index (χ4n) is 3.64. The van der Waals surface area contributed by atoms with E-state index in [0.29, 0.717) is 6.10 Å². The molecule has 1 aromatic rings. The van der Waals surface area contributed by atoms with Gasteiger partial charge in [0.1, 0.15) is 0 Å². The minimum Gasteiger partial charge on any atom is -0.370 e. The molecule has 4 heteroatoms. The van der Waals surface area contributed by atoms with Crippen molar-refractivity contribution in [1.82, 2.24) is 14.9 Å². The van der Waals surface area contributed by atoms with Gasteiger partial charge < -0.3 is 14.6 Å². The number of ether oxygens (including phenoxy) is 1. The molecule has 1 saturated heterocycles. The monoisotopic (exact) mass is 277 g/mol. The molecule has 0 aromatic carbocycles. The number of aromatic nitrogens is 2. The second kappa shape index (κ2) is 6.27.